The lowest BCUT2D eigenvalue weighted by Gasteiger charge is -2.14. The molecule has 0 aliphatic heterocycles. The van der Waals surface area contributed by atoms with Gasteiger partial charge in [-0.3, -0.25) is 4.79 Å². The Balaban J connectivity index is 2.63. The largest absolute Gasteiger partial charge is 0.387 e. The molecule has 2 N–H and O–H groups in total. The van der Waals surface area contributed by atoms with Crippen molar-refractivity contribution in [1.29, 1.82) is 0 Å². The van der Waals surface area contributed by atoms with E-state index in [1.807, 2.05) is 0 Å². The lowest BCUT2D eigenvalue weighted by molar-refractivity contribution is -0.124. The van der Waals surface area contributed by atoms with E-state index in [1.165, 1.54) is 0 Å². The molecule has 0 aliphatic carbocycles. The van der Waals surface area contributed by atoms with E-state index in [9.17, 15) is 9.90 Å². The number of nitrogens with one attached hydrogen (secondary N) is 1. The van der Waals surface area contributed by atoms with Gasteiger partial charge in [-0.1, -0.05) is 37.0 Å². The highest BCUT2D eigenvalue weighted by Gasteiger charge is 2.12. The Bertz CT molecular complexity index is 387. The Kier molecular flexibility index (Phi) is 5.25. The first-order chi connectivity index (χ1) is 7.90. The van der Waals surface area contributed by atoms with Gasteiger partial charge in [-0.05, 0) is 23.8 Å². The molecule has 17 heavy (non-hydrogen) atoms. The molecule has 0 radical (unpaired) electrons. The van der Waals surface area contributed by atoms with Crippen molar-refractivity contribution in [2.75, 3.05) is 6.54 Å². The number of aliphatic hydroxyl groups excluding tert-OH is 1. The van der Waals surface area contributed by atoms with Crippen molar-refractivity contribution in [3.8, 4) is 0 Å². The third-order valence-electron chi connectivity index (χ3n) is 2.26. The molecule has 1 unspecified atom stereocenters. The lowest BCUT2D eigenvalue weighted by Crippen LogP contribution is -2.31. The molecule has 0 fully saturated rings. The molecule has 1 aromatic carbocycles. The van der Waals surface area contributed by atoms with Crippen molar-refractivity contribution in [3.63, 3.8) is 0 Å². The third kappa shape index (κ3) is 4.54. The summed E-state index contributed by atoms with van der Waals surface area (Å²) in [6, 6.07) is 4.84. The Hall–Kier alpha value is -0.770. The van der Waals surface area contributed by atoms with Crippen molar-refractivity contribution in [3.05, 3.63) is 33.8 Å². The number of halogens is 2. The average Bonchev–Trinajstić information content (AvgIpc) is 2.23. The lowest BCUT2D eigenvalue weighted by atomic mass is 10.1. The van der Waals surface area contributed by atoms with Crippen LogP contribution < -0.4 is 5.32 Å². The van der Waals surface area contributed by atoms with Crippen molar-refractivity contribution in [1.82, 2.24) is 5.32 Å². The highest BCUT2D eigenvalue weighted by atomic mass is 35.5. The molecule has 1 amide bonds. The van der Waals surface area contributed by atoms with Crippen LogP contribution in [0.1, 0.15) is 25.5 Å². The van der Waals surface area contributed by atoms with Crippen LogP contribution in [-0.2, 0) is 4.79 Å². The summed E-state index contributed by atoms with van der Waals surface area (Å²) in [5.41, 5.74) is 0.589. The van der Waals surface area contributed by atoms with Crippen LogP contribution in [0.3, 0.4) is 0 Å². The van der Waals surface area contributed by atoms with Crippen LogP contribution in [0.4, 0.5) is 0 Å². The molecule has 0 aliphatic rings. The van der Waals surface area contributed by atoms with Gasteiger partial charge >= 0.3 is 0 Å². The highest BCUT2D eigenvalue weighted by molar-refractivity contribution is 6.34. The molecule has 3 nitrogen and oxygen atoms in total. The average molecular weight is 276 g/mol. The zero-order valence-electron chi connectivity index (χ0n) is 9.71. The van der Waals surface area contributed by atoms with Crippen LogP contribution in [0, 0.1) is 5.92 Å². The molecule has 94 valence electrons. The smallest absolute Gasteiger partial charge is 0.222 e. The standard InChI is InChI=1S/C12H15Cl2NO2/c1-7(2)12(17)15-6-11(16)8-3-9(13)5-10(14)4-8/h3-5,7,11,16H,6H2,1-2H3,(H,15,17). The first kappa shape index (κ1) is 14.3. The molecular formula is C12H15Cl2NO2. The molecule has 1 atom stereocenters. The fraction of sp³-hybridized carbons (Fsp3) is 0.417. The summed E-state index contributed by atoms with van der Waals surface area (Å²) in [5, 5.41) is 13.4. The molecule has 1 rings (SSSR count). The molecule has 0 spiro atoms. The normalized spacial score (nSPS) is 12.6. The maximum Gasteiger partial charge on any atom is 0.222 e. The molecule has 0 saturated heterocycles. The predicted molar refractivity (Wildman–Crippen MR) is 69.3 cm³/mol. The van der Waals surface area contributed by atoms with Crippen LogP contribution in [0.15, 0.2) is 18.2 Å². The van der Waals surface area contributed by atoms with Crippen molar-refractivity contribution < 1.29 is 9.90 Å². The van der Waals surface area contributed by atoms with Gasteiger partial charge in [0.05, 0.1) is 6.10 Å². The fourth-order valence-electron chi connectivity index (χ4n) is 1.29. The van der Waals surface area contributed by atoms with Crippen molar-refractivity contribution >= 4 is 29.1 Å². The number of aliphatic hydroxyl groups is 1. The molecule has 0 aromatic heterocycles. The second-order valence-electron chi connectivity index (χ2n) is 4.12. The van der Waals surface area contributed by atoms with Crippen LogP contribution >= 0.6 is 23.2 Å². The van der Waals surface area contributed by atoms with Gasteiger partial charge in [-0.25, -0.2) is 0 Å². The quantitative estimate of drug-likeness (QED) is 0.888. The van der Waals surface area contributed by atoms with Gasteiger partial charge in [-0.15, -0.1) is 0 Å². The number of hydrogen-bond acceptors (Lipinski definition) is 2. The minimum Gasteiger partial charge on any atom is -0.387 e. The van der Waals surface area contributed by atoms with E-state index in [2.05, 4.69) is 5.32 Å². The number of carbonyl (C=O) groups excluding carboxylic acids is 1. The minimum absolute atomic E-state index is 0.0998. The number of amides is 1. The SMILES string of the molecule is CC(C)C(=O)NCC(O)c1cc(Cl)cc(Cl)c1. The van der Waals surface area contributed by atoms with E-state index >= 15 is 0 Å². The van der Waals surface area contributed by atoms with E-state index in [0.29, 0.717) is 15.6 Å². The zero-order valence-corrected chi connectivity index (χ0v) is 11.2. The van der Waals surface area contributed by atoms with E-state index in [4.69, 9.17) is 23.2 Å². The summed E-state index contributed by atoms with van der Waals surface area (Å²) in [6.07, 6.45) is -0.811. The monoisotopic (exact) mass is 275 g/mol. The molecular weight excluding hydrogens is 261 g/mol. The summed E-state index contributed by atoms with van der Waals surface area (Å²) in [4.78, 5) is 11.3. The van der Waals surface area contributed by atoms with E-state index in [1.54, 1.807) is 32.0 Å². The van der Waals surface area contributed by atoms with Gasteiger partial charge in [0.1, 0.15) is 0 Å². The van der Waals surface area contributed by atoms with Gasteiger partial charge in [0.2, 0.25) is 5.91 Å². The second kappa shape index (κ2) is 6.24. The van der Waals surface area contributed by atoms with Gasteiger partial charge in [0.15, 0.2) is 0 Å². The molecule has 5 heteroatoms. The minimum atomic E-state index is -0.811. The summed E-state index contributed by atoms with van der Waals surface area (Å²) in [7, 11) is 0. The Morgan fingerprint density at radius 2 is 1.82 bits per heavy atom. The Morgan fingerprint density at radius 1 is 1.29 bits per heavy atom. The van der Waals surface area contributed by atoms with E-state index in [0.717, 1.165) is 0 Å². The summed E-state index contributed by atoms with van der Waals surface area (Å²) in [5.74, 6) is -0.206. The summed E-state index contributed by atoms with van der Waals surface area (Å²) < 4.78 is 0. The van der Waals surface area contributed by atoms with Crippen LogP contribution in [0.2, 0.25) is 10.0 Å². The number of hydrogen-bond donors (Lipinski definition) is 2. The molecule has 0 saturated carbocycles. The molecule has 0 bridgehead atoms. The highest BCUT2D eigenvalue weighted by Crippen LogP contribution is 2.23. The molecule has 0 heterocycles. The van der Waals surface area contributed by atoms with Crippen molar-refractivity contribution in [2.45, 2.75) is 20.0 Å². The van der Waals surface area contributed by atoms with Crippen molar-refractivity contribution in [2.24, 2.45) is 5.92 Å². The van der Waals surface area contributed by atoms with E-state index < -0.39 is 6.10 Å². The zero-order chi connectivity index (χ0) is 13.0. The third-order valence-corrected chi connectivity index (χ3v) is 2.70. The summed E-state index contributed by atoms with van der Waals surface area (Å²) in [6.45, 7) is 3.73. The number of rotatable bonds is 4. The maximum atomic E-state index is 11.3. The Labute approximate surface area is 111 Å². The first-order valence-corrected chi connectivity index (χ1v) is 6.07. The van der Waals surface area contributed by atoms with Gasteiger partial charge < -0.3 is 10.4 Å². The van der Waals surface area contributed by atoms with Gasteiger partial charge in [0.25, 0.3) is 0 Å². The Morgan fingerprint density at radius 3 is 2.29 bits per heavy atom. The van der Waals surface area contributed by atoms with Gasteiger partial charge in [0, 0.05) is 22.5 Å². The van der Waals surface area contributed by atoms with Crippen LogP contribution in [0.25, 0.3) is 0 Å². The van der Waals surface area contributed by atoms with Crippen LogP contribution in [0.5, 0.6) is 0 Å². The summed E-state index contributed by atoms with van der Waals surface area (Å²) >= 11 is 11.6. The number of carbonyl (C=O) groups is 1. The van der Waals surface area contributed by atoms with E-state index in [-0.39, 0.29) is 18.4 Å². The van der Waals surface area contributed by atoms with Gasteiger partial charge in [-0.2, -0.15) is 0 Å². The fourth-order valence-corrected chi connectivity index (χ4v) is 1.83. The van der Waals surface area contributed by atoms with Crippen LogP contribution in [-0.4, -0.2) is 17.6 Å². The molecule has 1 aromatic rings. The first-order valence-electron chi connectivity index (χ1n) is 5.32. The number of benzene rings is 1. The second-order valence-corrected chi connectivity index (χ2v) is 4.99. The predicted octanol–water partition coefficient (Wildman–Crippen LogP) is 2.80. The topological polar surface area (TPSA) is 49.3 Å². The maximum absolute atomic E-state index is 11.3.